The molecule has 0 aromatic heterocycles. The standard InChI is InChI=1S/C24H29ClIN3O4S/c1-17(24(31)27-21-5-3-4-6-21)28(15-18-7-9-19(25)10-8-18)23(30)16-29(34(2,32)33)22-13-11-20(26)12-14-22/h7-14,17,21H,3-6,15-16H2,1-2H3,(H,27,31). The van der Waals surface area contributed by atoms with E-state index in [2.05, 4.69) is 27.9 Å². The Hall–Kier alpha value is -1.85. The van der Waals surface area contributed by atoms with E-state index in [1.807, 2.05) is 0 Å². The number of benzene rings is 2. The second kappa shape index (κ2) is 11.7. The van der Waals surface area contributed by atoms with Crippen LogP contribution in [0, 0.1) is 3.57 Å². The minimum Gasteiger partial charge on any atom is -0.352 e. The summed E-state index contributed by atoms with van der Waals surface area (Å²) in [6.45, 7) is 1.42. The van der Waals surface area contributed by atoms with E-state index in [-0.39, 0.29) is 18.5 Å². The lowest BCUT2D eigenvalue weighted by Crippen LogP contribution is -2.52. The monoisotopic (exact) mass is 617 g/mol. The Morgan fingerprint density at radius 2 is 1.68 bits per heavy atom. The van der Waals surface area contributed by atoms with Gasteiger partial charge in [0.25, 0.3) is 0 Å². The van der Waals surface area contributed by atoms with Gasteiger partial charge in [-0.1, -0.05) is 36.6 Å². The highest BCUT2D eigenvalue weighted by molar-refractivity contribution is 14.1. The van der Waals surface area contributed by atoms with Gasteiger partial charge in [-0.15, -0.1) is 0 Å². The third-order valence-corrected chi connectivity index (χ3v) is 8.04. The summed E-state index contributed by atoms with van der Waals surface area (Å²) in [5.41, 5.74) is 1.18. The van der Waals surface area contributed by atoms with E-state index in [4.69, 9.17) is 11.6 Å². The van der Waals surface area contributed by atoms with Crippen molar-refractivity contribution in [2.45, 2.75) is 51.2 Å². The van der Waals surface area contributed by atoms with Crippen LogP contribution in [0.15, 0.2) is 48.5 Å². The number of carbonyl (C=O) groups is 2. The topological polar surface area (TPSA) is 86.8 Å². The Morgan fingerprint density at radius 1 is 1.09 bits per heavy atom. The summed E-state index contributed by atoms with van der Waals surface area (Å²) in [4.78, 5) is 28.0. The minimum absolute atomic E-state index is 0.113. The molecule has 10 heteroatoms. The molecule has 0 heterocycles. The number of rotatable bonds is 9. The summed E-state index contributed by atoms with van der Waals surface area (Å²) in [6.07, 6.45) is 5.08. The number of anilines is 1. The fourth-order valence-corrected chi connectivity index (χ4v) is 5.32. The number of nitrogens with zero attached hydrogens (tertiary/aromatic N) is 2. The van der Waals surface area contributed by atoms with E-state index >= 15 is 0 Å². The molecule has 1 aliphatic rings. The number of sulfonamides is 1. The number of hydrogen-bond acceptors (Lipinski definition) is 4. The number of hydrogen-bond donors (Lipinski definition) is 1. The van der Waals surface area contributed by atoms with Crippen molar-refractivity contribution in [2.75, 3.05) is 17.1 Å². The van der Waals surface area contributed by atoms with E-state index < -0.39 is 28.5 Å². The summed E-state index contributed by atoms with van der Waals surface area (Å²) >= 11 is 8.13. The lowest BCUT2D eigenvalue weighted by Gasteiger charge is -2.32. The second-order valence-corrected chi connectivity index (χ2v) is 12.1. The lowest BCUT2D eigenvalue weighted by molar-refractivity contribution is -0.139. The van der Waals surface area contributed by atoms with Crippen LogP contribution >= 0.6 is 34.2 Å². The maximum Gasteiger partial charge on any atom is 0.244 e. The molecule has 0 bridgehead atoms. The van der Waals surface area contributed by atoms with Crippen LogP contribution in [0.3, 0.4) is 0 Å². The summed E-state index contributed by atoms with van der Waals surface area (Å²) in [5.74, 6) is -0.706. The molecule has 1 saturated carbocycles. The first-order valence-corrected chi connectivity index (χ1v) is 14.4. The molecule has 2 amide bonds. The molecule has 184 valence electrons. The number of nitrogens with one attached hydrogen (secondary N) is 1. The third-order valence-electron chi connectivity index (χ3n) is 5.93. The molecule has 2 aromatic carbocycles. The maximum atomic E-state index is 13.5. The second-order valence-electron chi connectivity index (χ2n) is 8.56. The Morgan fingerprint density at radius 3 is 2.24 bits per heavy atom. The molecule has 1 atom stereocenters. The van der Waals surface area contributed by atoms with Crippen molar-refractivity contribution in [2.24, 2.45) is 0 Å². The van der Waals surface area contributed by atoms with Gasteiger partial charge in [0.05, 0.1) is 11.9 Å². The molecule has 1 aliphatic carbocycles. The van der Waals surface area contributed by atoms with Gasteiger partial charge in [-0.3, -0.25) is 13.9 Å². The first-order valence-electron chi connectivity index (χ1n) is 11.1. The summed E-state index contributed by atoms with van der Waals surface area (Å²) < 4.78 is 27.1. The van der Waals surface area contributed by atoms with Crippen molar-refractivity contribution >= 4 is 61.7 Å². The fraction of sp³-hybridized carbons (Fsp3) is 0.417. The van der Waals surface area contributed by atoms with Crippen LogP contribution < -0.4 is 9.62 Å². The Bertz CT molecular complexity index is 1100. The molecule has 1 unspecified atom stereocenters. The summed E-state index contributed by atoms with van der Waals surface area (Å²) in [5, 5.41) is 3.61. The van der Waals surface area contributed by atoms with Gasteiger partial charge in [-0.05, 0) is 84.3 Å². The highest BCUT2D eigenvalue weighted by Gasteiger charge is 2.31. The Balaban J connectivity index is 1.86. The normalized spacial score (nSPS) is 15.1. The van der Waals surface area contributed by atoms with Gasteiger partial charge in [-0.2, -0.15) is 0 Å². The third kappa shape index (κ3) is 7.32. The molecule has 0 aliphatic heterocycles. The van der Waals surface area contributed by atoms with Gasteiger partial charge in [0.2, 0.25) is 21.8 Å². The summed E-state index contributed by atoms with van der Waals surface area (Å²) in [7, 11) is -3.74. The molecular formula is C24H29ClIN3O4S. The average molecular weight is 618 g/mol. The Labute approximate surface area is 220 Å². The fourth-order valence-electron chi connectivity index (χ4n) is 3.98. The molecule has 2 aromatic rings. The van der Waals surface area contributed by atoms with Gasteiger partial charge in [0.1, 0.15) is 12.6 Å². The van der Waals surface area contributed by atoms with Crippen LogP contribution in [0.1, 0.15) is 38.2 Å². The highest BCUT2D eigenvalue weighted by Crippen LogP contribution is 2.22. The average Bonchev–Trinajstić information content (AvgIpc) is 3.29. The number of halogens is 2. The van der Waals surface area contributed by atoms with Crippen molar-refractivity contribution in [3.05, 3.63) is 62.7 Å². The van der Waals surface area contributed by atoms with Crippen LogP contribution in [0.4, 0.5) is 5.69 Å². The van der Waals surface area contributed by atoms with Crippen LogP contribution in [-0.2, 0) is 26.2 Å². The predicted octanol–water partition coefficient (Wildman–Crippen LogP) is 4.19. The van der Waals surface area contributed by atoms with Crippen molar-refractivity contribution < 1.29 is 18.0 Å². The SMILES string of the molecule is CC(C(=O)NC1CCCC1)N(Cc1ccc(Cl)cc1)C(=O)CN(c1ccc(I)cc1)S(C)(=O)=O. The van der Waals surface area contributed by atoms with Crippen LogP contribution in [-0.4, -0.2) is 50.0 Å². The zero-order chi connectivity index (χ0) is 24.9. The van der Waals surface area contributed by atoms with E-state index in [9.17, 15) is 18.0 Å². The first kappa shape index (κ1) is 26.7. The predicted molar refractivity (Wildman–Crippen MR) is 143 cm³/mol. The quantitative estimate of drug-likeness (QED) is 0.428. The molecular weight excluding hydrogens is 589 g/mol. The van der Waals surface area contributed by atoms with E-state index in [0.29, 0.717) is 10.7 Å². The zero-order valence-electron chi connectivity index (χ0n) is 19.2. The molecule has 3 rings (SSSR count). The zero-order valence-corrected chi connectivity index (χ0v) is 22.9. The molecule has 1 N–H and O–H groups in total. The van der Waals surface area contributed by atoms with E-state index in [0.717, 1.165) is 45.4 Å². The molecule has 0 radical (unpaired) electrons. The molecule has 7 nitrogen and oxygen atoms in total. The molecule has 34 heavy (non-hydrogen) atoms. The van der Waals surface area contributed by atoms with Crippen LogP contribution in [0.2, 0.25) is 5.02 Å². The smallest absolute Gasteiger partial charge is 0.244 e. The number of carbonyl (C=O) groups excluding carboxylic acids is 2. The van der Waals surface area contributed by atoms with Crippen molar-refractivity contribution in [3.63, 3.8) is 0 Å². The van der Waals surface area contributed by atoms with Crippen molar-refractivity contribution in [1.82, 2.24) is 10.2 Å². The molecule has 0 spiro atoms. The van der Waals surface area contributed by atoms with E-state index in [1.165, 1.54) is 4.90 Å². The minimum atomic E-state index is -3.74. The summed E-state index contributed by atoms with van der Waals surface area (Å²) in [6, 6.07) is 13.2. The van der Waals surface area contributed by atoms with Gasteiger partial charge < -0.3 is 10.2 Å². The first-order chi connectivity index (χ1) is 16.0. The van der Waals surface area contributed by atoms with Crippen LogP contribution in [0.5, 0.6) is 0 Å². The maximum absolute atomic E-state index is 13.5. The van der Waals surface area contributed by atoms with Gasteiger partial charge >= 0.3 is 0 Å². The van der Waals surface area contributed by atoms with Crippen molar-refractivity contribution in [1.29, 1.82) is 0 Å². The van der Waals surface area contributed by atoms with Gasteiger partial charge in [0, 0.05) is 21.2 Å². The molecule has 0 saturated heterocycles. The lowest BCUT2D eigenvalue weighted by atomic mass is 10.1. The van der Waals surface area contributed by atoms with E-state index in [1.54, 1.807) is 55.5 Å². The van der Waals surface area contributed by atoms with Gasteiger partial charge in [0.15, 0.2) is 0 Å². The largest absolute Gasteiger partial charge is 0.352 e. The van der Waals surface area contributed by atoms with Crippen LogP contribution in [0.25, 0.3) is 0 Å². The Kier molecular flexibility index (Phi) is 9.22. The highest BCUT2D eigenvalue weighted by atomic mass is 127. The van der Waals surface area contributed by atoms with Gasteiger partial charge in [-0.25, -0.2) is 8.42 Å². The van der Waals surface area contributed by atoms with Crippen molar-refractivity contribution in [3.8, 4) is 0 Å². The molecule has 1 fully saturated rings. The number of amides is 2.